The number of aromatic nitrogens is 2. The van der Waals surface area contributed by atoms with Crippen molar-refractivity contribution in [1.29, 1.82) is 0 Å². The smallest absolute Gasteiger partial charge is 0.253 e. The number of carbonyl (C=O) groups excluding carboxylic acids is 1. The fourth-order valence-corrected chi connectivity index (χ4v) is 1.96. The summed E-state index contributed by atoms with van der Waals surface area (Å²) >= 11 is 0. The van der Waals surface area contributed by atoms with E-state index < -0.39 is 6.10 Å². The van der Waals surface area contributed by atoms with Crippen molar-refractivity contribution in [3.8, 4) is 0 Å². The molecule has 0 spiro atoms. The molecule has 1 fully saturated rings. The van der Waals surface area contributed by atoms with Crippen LogP contribution in [-0.2, 0) is 0 Å². The molecule has 1 aromatic heterocycles. The first-order chi connectivity index (χ1) is 7.77. The summed E-state index contributed by atoms with van der Waals surface area (Å²) in [7, 11) is 0. The number of nitrogens with one attached hydrogen (secondary N) is 1. The molecule has 1 aliphatic carbocycles. The van der Waals surface area contributed by atoms with Crippen LogP contribution in [0.1, 0.15) is 36.0 Å². The van der Waals surface area contributed by atoms with Gasteiger partial charge in [-0.05, 0) is 18.9 Å². The van der Waals surface area contributed by atoms with E-state index in [9.17, 15) is 9.90 Å². The Morgan fingerprint density at radius 1 is 1.38 bits per heavy atom. The topological polar surface area (TPSA) is 75.1 Å². The minimum atomic E-state index is -0.424. The molecule has 1 aromatic rings. The first kappa shape index (κ1) is 11.0. The predicted molar refractivity (Wildman–Crippen MR) is 57.8 cm³/mol. The van der Waals surface area contributed by atoms with Crippen molar-refractivity contribution in [2.24, 2.45) is 0 Å². The van der Waals surface area contributed by atoms with Crippen LogP contribution in [0.3, 0.4) is 0 Å². The largest absolute Gasteiger partial charge is 0.391 e. The summed E-state index contributed by atoms with van der Waals surface area (Å²) in [6, 6.07) is 1.48. The van der Waals surface area contributed by atoms with E-state index >= 15 is 0 Å². The number of aliphatic hydroxyl groups is 1. The van der Waals surface area contributed by atoms with Crippen LogP contribution in [0.2, 0.25) is 0 Å². The number of hydrogen-bond donors (Lipinski definition) is 2. The number of rotatable bonds is 2. The Labute approximate surface area is 93.9 Å². The van der Waals surface area contributed by atoms with Crippen LogP contribution in [0, 0.1) is 0 Å². The van der Waals surface area contributed by atoms with Crippen LogP contribution in [0.15, 0.2) is 18.5 Å². The SMILES string of the molecule is O=C(N[C@H]1CCCC[C@@H]1O)c1ccnnc1. The molecule has 0 bridgehead atoms. The lowest BCUT2D eigenvalue weighted by atomic mass is 9.92. The summed E-state index contributed by atoms with van der Waals surface area (Å²) in [5.74, 6) is -0.194. The van der Waals surface area contributed by atoms with Gasteiger partial charge in [-0.15, -0.1) is 0 Å². The third-order valence-electron chi connectivity index (χ3n) is 2.89. The molecular weight excluding hydrogens is 206 g/mol. The number of amides is 1. The maximum Gasteiger partial charge on any atom is 0.253 e. The average molecular weight is 221 g/mol. The van der Waals surface area contributed by atoms with Crippen LogP contribution in [0.4, 0.5) is 0 Å². The van der Waals surface area contributed by atoms with E-state index in [4.69, 9.17) is 0 Å². The van der Waals surface area contributed by atoms with Gasteiger partial charge < -0.3 is 10.4 Å². The molecule has 86 valence electrons. The molecule has 0 saturated heterocycles. The van der Waals surface area contributed by atoms with E-state index in [1.807, 2.05) is 0 Å². The van der Waals surface area contributed by atoms with Crippen LogP contribution >= 0.6 is 0 Å². The first-order valence-corrected chi connectivity index (χ1v) is 5.53. The zero-order valence-corrected chi connectivity index (χ0v) is 8.97. The molecule has 5 heteroatoms. The van der Waals surface area contributed by atoms with Crippen LogP contribution < -0.4 is 5.32 Å². The van der Waals surface area contributed by atoms with Gasteiger partial charge in [0.2, 0.25) is 0 Å². The Hall–Kier alpha value is -1.49. The van der Waals surface area contributed by atoms with Crippen LogP contribution in [0.5, 0.6) is 0 Å². The molecule has 0 unspecified atom stereocenters. The van der Waals surface area contributed by atoms with Gasteiger partial charge in [-0.3, -0.25) is 4.79 Å². The molecular formula is C11H15N3O2. The van der Waals surface area contributed by atoms with Crippen molar-refractivity contribution >= 4 is 5.91 Å². The molecule has 1 aliphatic rings. The van der Waals surface area contributed by atoms with Crippen molar-refractivity contribution in [2.45, 2.75) is 37.8 Å². The summed E-state index contributed by atoms with van der Waals surface area (Å²) in [4.78, 5) is 11.8. The van der Waals surface area contributed by atoms with Gasteiger partial charge in [0.05, 0.1) is 30.1 Å². The summed E-state index contributed by atoms with van der Waals surface area (Å²) in [5.41, 5.74) is 0.479. The molecule has 16 heavy (non-hydrogen) atoms. The van der Waals surface area contributed by atoms with Gasteiger partial charge in [0.1, 0.15) is 0 Å². The molecule has 2 N–H and O–H groups in total. The predicted octanol–water partition coefficient (Wildman–Crippen LogP) is 0.510. The lowest BCUT2D eigenvalue weighted by molar-refractivity contribution is 0.0717. The molecule has 1 heterocycles. The van der Waals surface area contributed by atoms with Crippen molar-refractivity contribution < 1.29 is 9.90 Å². The van der Waals surface area contributed by atoms with E-state index in [-0.39, 0.29) is 11.9 Å². The Bertz CT molecular complexity index is 356. The van der Waals surface area contributed by atoms with Gasteiger partial charge in [0.25, 0.3) is 5.91 Å². The summed E-state index contributed by atoms with van der Waals surface area (Å²) in [6.07, 6.45) is 6.16. The van der Waals surface area contributed by atoms with Crippen LogP contribution in [0.25, 0.3) is 0 Å². The van der Waals surface area contributed by atoms with Gasteiger partial charge in [-0.25, -0.2) is 0 Å². The normalized spacial score (nSPS) is 25.1. The molecule has 5 nitrogen and oxygen atoms in total. The van der Waals surface area contributed by atoms with Gasteiger partial charge >= 0.3 is 0 Å². The fraction of sp³-hybridized carbons (Fsp3) is 0.545. The van der Waals surface area contributed by atoms with E-state index in [1.165, 1.54) is 12.4 Å². The van der Waals surface area contributed by atoms with Gasteiger partial charge in [-0.2, -0.15) is 10.2 Å². The van der Waals surface area contributed by atoms with Crippen LogP contribution in [-0.4, -0.2) is 33.4 Å². The molecule has 2 atom stereocenters. The maximum absolute atomic E-state index is 11.8. The zero-order valence-electron chi connectivity index (χ0n) is 8.97. The van der Waals surface area contributed by atoms with E-state index in [0.717, 1.165) is 25.7 Å². The number of nitrogens with zero attached hydrogens (tertiary/aromatic N) is 2. The minimum absolute atomic E-state index is 0.130. The molecule has 0 radical (unpaired) electrons. The highest BCUT2D eigenvalue weighted by Gasteiger charge is 2.24. The van der Waals surface area contributed by atoms with Crippen molar-refractivity contribution in [1.82, 2.24) is 15.5 Å². The van der Waals surface area contributed by atoms with E-state index in [0.29, 0.717) is 5.56 Å². The minimum Gasteiger partial charge on any atom is -0.391 e. The van der Waals surface area contributed by atoms with Crippen molar-refractivity contribution in [3.63, 3.8) is 0 Å². The molecule has 1 amide bonds. The summed E-state index contributed by atoms with van der Waals surface area (Å²) in [5, 5.41) is 19.8. The Balaban J connectivity index is 1.96. The average Bonchev–Trinajstić information content (AvgIpc) is 2.33. The van der Waals surface area contributed by atoms with Crippen molar-refractivity contribution in [2.75, 3.05) is 0 Å². The molecule has 2 rings (SSSR count). The van der Waals surface area contributed by atoms with Gasteiger partial charge in [-0.1, -0.05) is 12.8 Å². The number of aliphatic hydroxyl groups excluding tert-OH is 1. The fourth-order valence-electron chi connectivity index (χ4n) is 1.96. The lowest BCUT2D eigenvalue weighted by Crippen LogP contribution is -2.45. The second-order valence-electron chi connectivity index (χ2n) is 4.06. The second-order valence-corrected chi connectivity index (χ2v) is 4.06. The van der Waals surface area contributed by atoms with Crippen molar-refractivity contribution in [3.05, 3.63) is 24.0 Å². The highest BCUT2D eigenvalue weighted by molar-refractivity contribution is 5.93. The second kappa shape index (κ2) is 5.03. The quantitative estimate of drug-likeness (QED) is 0.763. The Morgan fingerprint density at radius 2 is 2.19 bits per heavy atom. The first-order valence-electron chi connectivity index (χ1n) is 5.53. The van der Waals surface area contributed by atoms with Gasteiger partial charge in [0, 0.05) is 0 Å². The molecule has 0 aliphatic heterocycles. The lowest BCUT2D eigenvalue weighted by Gasteiger charge is -2.28. The van der Waals surface area contributed by atoms with E-state index in [2.05, 4.69) is 15.5 Å². The highest BCUT2D eigenvalue weighted by Crippen LogP contribution is 2.18. The Morgan fingerprint density at radius 3 is 2.88 bits per heavy atom. The standard InChI is InChI=1S/C11H15N3O2/c15-10-4-2-1-3-9(10)14-11(16)8-5-6-12-13-7-8/h5-7,9-10,15H,1-4H2,(H,14,16)/t9-,10-/m0/s1. The number of hydrogen-bond acceptors (Lipinski definition) is 4. The molecule has 0 aromatic carbocycles. The van der Waals surface area contributed by atoms with Gasteiger partial charge in [0.15, 0.2) is 0 Å². The Kier molecular flexibility index (Phi) is 3.46. The third-order valence-corrected chi connectivity index (χ3v) is 2.89. The monoisotopic (exact) mass is 221 g/mol. The number of carbonyl (C=O) groups is 1. The highest BCUT2D eigenvalue weighted by atomic mass is 16.3. The molecule has 1 saturated carbocycles. The summed E-state index contributed by atoms with van der Waals surface area (Å²) in [6.45, 7) is 0. The van der Waals surface area contributed by atoms with E-state index in [1.54, 1.807) is 6.07 Å². The maximum atomic E-state index is 11.8. The summed E-state index contributed by atoms with van der Waals surface area (Å²) < 4.78 is 0. The third kappa shape index (κ3) is 2.55. The zero-order chi connectivity index (χ0) is 11.4.